The second-order valence-electron chi connectivity index (χ2n) is 9.37. The molecule has 0 radical (unpaired) electrons. The zero-order valence-corrected chi connectivity index (χ0v) is 22.1. The van der Waals surface area contributed by atoms with Gasteiger partial charge in [0, 0.05) is 43.0 Å². The number of aliphatic hydroxyl groups is 1. The van der Waals surface area contributed by atoms with Crippen LogP contribution in [0.2, 0.25) is 0 Å². The minimum atomic E-state index is -3.60. The van der Waals surface area contributed by atoms with Crippen molar-refractivity contribution in [1.82, 2.24) is 19.9 Å². The van der Waals surface area contributed by atoms with Crippen LogP contribution in [0, 0.1) is 13.8 Å². The van der Waals surface area contributed by atoms with Gasteiger partial charge in [-0.3, -0.25) is 14.6 Å². The van der Waals surface area contributed by atoms with Crippen LogP contribution in [0.1, 0.15) is 47.4 Å². The van der Waals surface area contributed by atoms with E-state index in [0.29, 0.717) is 33.8 Å². The number of halogens is 2. The molecule has 4 heterocycles. The predicted octanol–water partition coefficient (Wildman–Crippen LogP) is 5.01. The summed E-state index contributed by atoms with van der Waals surface area (Å²) in [7, 11) is 1.54. The third kappa shape index (κ3) is 4.64. The number of H-pyrrole nitrogens is 1. The van der Waals surface area contributed by atoms with Crippen molar-refractivity contribution in [2.45, 2.75) is 46.1 Å². The maximum Gasteiger partial charge on any atom is 0.309 e. The Kier molecular flexibility index (Phi) is 6.72. The lowest BCUT2D eigenvalue weighted by atomic mass is 9.99. The van der Waals surface area contributed by atoms with E-state index < -0.39 is 22.3 Å². The number of fused-ring (bicyclic) bond motifs is 1. The molecule has 0 saturated carbocycles. The van der Waals surface area contributed by atoms with Gasteiger partial charge in [-0.2, -0.15) is 8.78 Å². The molecule has 4 rings (SSSR count). The van der Waals surface area contributed by atoms with Gasteiger partial charge in [0.15, 0.2) is 5.75 Å². The Morgan fingerprint density at radius 2 is 2.00 bits per heavy atom. The number of carbonyl (C=O) groups is 1. The first-order valence-electron chi connectivity index (χ1n) is 11.6. The van der Waals surface area contributed by atoms with Gasteiger partial charge in [-0.1, -0.05) is 0 Å². The summed E-state index contributed by atoms with van der Waals surface area (Å²) in [6.45, 7) is 7.80. The van der Waals surface area contributed by atoms with Gasteiger partial charge >= 0.3 is 5.92 Å². The zero-order chi connectivity index (χ0) is 27.3. The molecule has 0 bridgehead atoms. The summed E-state index contributed by atoms with van der Waals surface area (Å²) in [5.41, 5.74) is -0.656. The van der Waals surface area contributed by atoms with Gasteiger partial charge in [-0.05, 0) is 52.3 Å². The van der Waals surface area contributed by atoms with Gasteiger partial charge in [-0.25, -0.2) is 0 Å². The number of rotatable bonds is 7. The Bertz CT molecular complexity index is 1540. The van der Waals surface area contributed by atoms with Crippen molar-refractivity contribution >= 4 is 28.1 Å². The summed E-state index contributed by atoms with van der Waals surface area (Å²) in [4.78, 5) is 32.4. The number of thiophene rings is 1. The second kappa shape index (κ2) is 9.38. The number of aromatic nitrogens is 3. The fourth-order valence-corrected chi connectivity index (χ4v) is 5.17. The highest BCUT2D eigenvalue weighted by atomic mass is 32.1. The summed E-state index contributed by atoms with van der Waals surface area (Å²) in [5, 5.41) is 13.3. The van der Waals surface area contributed by atoms with E-state index in [-0.39, 0.29) is 22.5 Å². The molecule has 0 unspecified atom stereocenters. The number of nitrogens with one attached hydrogen (secondary N) is 2. The topological polar surface area (TPSA) is 109 Å². The Hall–Kier alpha value is -3.57. The highest BCUT2D eigenvalue weighted by Gasteiger charge is 2.49. The number of amides is 1. The number of ether oxygens (including phenoxy) is 1. The lowest BCUT2D eigenvalue weighted by Crippen LogP contribution is -2.39. The van der Waals surface area contributed by atoms with Gasteiger partial charge in [-0.15, -0.1) is 11.3 Å². The van der Waals surface area contributed by atoms with Crippen LogP contribution in [0.25, 0.3) is 21.3 Å². The first kappa shape index (κ1) is 26.5. The van der Waals surface area contributed by atoms with Crippen LogP contribution in [-0.4, -0.2) is 37.7 Å². The first-order chi connectivity index (χ1) is 17.3. The molecule has 0 aliphatic rings. The van der Waals surface area contributed by atoms with Crippen molar-refractivity contribution in [3.05, 3.63) is 62.8 Å². The molecule has 37 heavy (non-hydrogen) atoms. The number of nitrogens with zero attached hydrogens (tertiary/aromatic N) is 2. The van der Waals surface area contributed by atoms with Crippen molar-refractivity contribution in [2.24, 2.45) is 7.05 Å². The average molecular weight is 531 g/mol. The van der Waals surface area contributed by atoms with E-state index in [1.807, 2.05) is 6.92 Å². The minimum Gasteiger partial charge on any atom is -0.454 e. The van der Waals surface area contributed by atoms with Crippen molar-refractivity contribution in [1.29, 1.82) is 0 Å². The van der Waals surface area contributed by atoms with Gasteiger partial charge in [0.1, 0.15) is 22.6 Å². The van der Waals surface area contributed by atoms with Gasteiger partial charge in [0.05, 0.1) is 15.4 Å². The van der Waals surface area contributed by atoms with Crippen LogP contribution in [-0.2, 0) is 13.0 Å². The zero-order valence-electron chi connectivity index (χ0n) is 21.3. The normalized spacial score (nSPS) is 12.2. The highest BCUT2D eigenvalue weighted by Crippen LogP contribution is 2.50. The third-order valence-corrected chi connectivity index (χ3v) is 7.28. The molecule has 0 saturated heterocycles. The van der Waals surface area contributed by atoms with Crippen molar-refractivity contribution in [3.63, 3.8) is 0 Å². The van der Waals surface area contributed by atoms with Crippen LogP contribution in [0.4, 0.5) is 8.78 Å². The largest absolute Gasteiger partial charge is 0.454 e. The monoisotopic (exact) mass is 530 g/mol. The van der Waals surface area contributed by atoms with E-state index >= 15 is 8.78 Å². The Morgan fingerprint density at radius 1 is 1.30 bits per heavy atom. The molecule has 0 atom stereocenters. The van der Waals surface area contributed by atoms with Crippen molar-refractivity contribution in [3.8, 4) is 21.9 Å². The fourth-order valence-electron chi connectivity index (χ4n) is 3.93. The second-order valence-corrected chi connectivity index (χ2v) is 10.4. The lowest BCUT2D eigenvalue weighted by Gasteiger charge is -2.27. The predicted molar refractivity (Wildman–Crippen MR) is 139 cm³/mol. The van der Waals surface area contributed by atoms with Crippen LogP contribution in [0.3, 0.4) is 0 Å². The fraction of sp³-hybridized carbons (Fsp3) is 0.346. The molecule has 0 aromatic carbocycles. The number of aryl methyl sites for hydroxylation is 3. The third-order valence-electron chi connectivity index (χ3n) is 6.06. The highest BCUT2D eigenvalue weighted by molar-refractivity contribution is 7.16. The number of aromatic amines is 1. The molecule has 8 nitrogen and oxygen atoms in total. The Labute approximate surface area is 215 Å². The molecule has 0 aliphatic heterocycles. The molecule has 0 aliphatic carbocycles. The number of alkyl halides is 2. The molecule has 4 aromatic rings. The van der Waals surface area contributed by atoms with E-state index in [1.54, 1.807) is 26.1 Å². The summed E-state index contributed by atoms with van der Waals surface area (Å²) >= 11 is 0.749. The quantitative estimate of drug-likeness (QED) is 0.311. The van der Waals surface area contributed by atoms with Crippen LogP contribution < -0.4 is 15.6 Å². The number of carbonyl (C=O) groups excluding carboxylic acids is 1. The van der Waals surface area contributed by atoms with Crippen LogP contribution >= 0.6 is 11.3 Å². The maximum atomic E-state index is 15.3. The Balaban J connectivity index is 2.01. The van der Waals surface area contributed by atoms with Crippen LogP contribution in [0.5, 0.6) is 11.5 Å². The molecule has 3 N–H and O–H groups in total. The summed E-state index contributed by atoms with van der Waals surface area (Å²) in [5.74, 6) is -3.47. The maximum absolute atomic E-state index is 15.3. The van der Waals surface area contributed by atoms with E-state index in [2.05, 4.69) is 15.3 Å². The number of hydrogen-bond donors (Lipinski definition) is 3. The number of hydrogen-bond acceptors (Lipinski definition) is 6. The molecule has 11 heteroatoms. The van der Waals surface area contributed by atoms with E-state index in [9.17, 15) is 14.7 Å². The smallest absolute Gasteiger partial charge is 0.309 e. The van der Waals surface area contributed by atoms with E-state index in [1.165, 1.54) is 29.9 Å². The molecular weight excluding hydrogens is 502 g/mol. The SMILES string of the molecule is CCNC(=O)c1cc2c(-c3sc(C(F)(F)C(C)(C)O)cc3Oc3c(C)ccnc3C)cn(C)c(=O)c2[nH]1. The van der Waals surface area contributed by atoms with Gasteiger partial charge < -0.3 is 24.7 Å². The van der Waals surface area contributed by atoms with Crippen molar-refractivity contribution < 1.29 is 23.4 Å². The molecule has 0 fully saturated rings. The molecule has 196 valence electrons. The molecule has 4 aromatic heterocycles. The first-order valence-corrected chi connectivity index (χ1v) is 12.4. The molecule has 1 amide bonds. The van der Waals surface area contributed by atoms with E-state index in [0.717, 1.165) is 30.7 Å². The average Bonchev–Trinajstić information content (AvgIpc) is 3.44. The molecular formula is C26H28F2N4O4S. The summed E-state index contributed by atoms with van der Waals surface area (Å²) in [6, 6.07) is 4.48. The van der Waals surface area contributed by atoms with Gasteiger partial charge in [0.25, 0.3) is 11.5 Å². The lowest BCUT2D eigenvalue weighted by molar-refractivity contribution is -0.166. The van der Waals surface area contributed by atoms with Crippen LogP contribution in [0.15, 0.2) is 35.4 Å². The summed E-state index contributed by atoms with van der Waals surface area (Å²) < 4.78 is 38.1. The number of pyridine rings is 2. The standard InChI is InChI=1S/C26H28F2N4O4S/c1-7-29-23(33)17-10-15-16(12-32(6)24(34)20(15)31-17)22-18(36-21-13(2)8-9-30-14(21)3)11-19(37-22)26(27,28)25(4,5)35/h8-12,31,35H,7H2,1-6H3,(H,29,33). The summed E-state index contributed by atoms with van der Waals surface area (Å²) in [6.07, 6.45) is 3.15. The minimum absolute atomic E-state index is 0.115. The van der Waals surface area contributed by atoms with Crippen molar-refractivity contribution in [2.75, 3.05) is 6.54 Å². The van der Waals surface area contributed by atoms with Gasteiger partial charge in [0.2, 0.25) is 0 Å². The Morgan fingerprint density at radius 3 is 2.62 bits per heavy atom. The molecule has 0 spiro atoms. The van der Waals surface area contributed by atoms with E-state index in [4.69, 9.17) is 4.74 Å².